The fourth-order valence-electron chi connectivity index (χ4n) is 1.46. The van der Waals surface area contributed by atoms with Crippen LogP contribution in [0.2, 0.25) is 0 Å². The van der Waals surface area contributed by atoms with Crippen LogP contribution in [0.4, 0.5) is 5.69 Å². The topological polar surface area (TPSA) is 76.2 Å². The van der Waals surface area contributed by atoms with Crippen LogP contribution in [0.15, 0.2) is 47.6 Å². The van der Waals surface area contributed by atoms with Crippen LogP contribution in [-0.2, 0) is 5.75 Å². The van der Waals surface area contributed by atoms with Crippen molar-refractivity contribution in [1.29, 1.82) is 0 Å². The lowest BCUT2D eigenvalue weighted by Gasteiger charge is -2.05. The summed E-state index contributed by atoms with van der Waals surface area (Å²) >= 11 is 1.39. The van der Waals surface area contributed by atoms with Gasteiger partial charge < -0.3 is 10.8 Å². The number of rotatable bonds is 4. The van der Waals surface area contributed by atoms with Gasteiger partial charge in [0.1, 0.15) is 5.03 Å². The van der Waals surface area contributed by atoms with Crippen molar-refractivity contribution in [3.05, 3.63) is 53.7 Å². The van der Waals surface area contributed by atoms with Gasteiger partial charge in [0.15, 0.2) is 0 Å². The summed E-state index contributed by atoms with van der Waals surface area (Å²) < 4.78 is 0. The van der Waals surface area contributed by atoms with Crippen LogP contribution in [0, 0.1) is 0 Å². The number of pyridine rings is 1. The lowest BCUT2D eigenvalue weighted by atomic mass is 10.2. The van der Waals surface area contributed by atoms with Crippen LogP contribution in [0.1, 0.15) is 15.9 Å². The Bertz CT molecular complexity index is 558. The van der Waals surface area contributed by atoms with E-state index < -0.39 is 5.97 Å². The molecule has 0 unspecified atom stereocenters. The van der Waals surface area contributed by atoms with Gasteiger partial charge in [-0.15, -0.1) is 11.8 Å². The molecule has 2 aromatic rings. The minimum absolute atomic E-state index is 0.149. The summed E-state index contributed by atoms with van der Waals surface area (Å²) in [4.78, 5) is 15.1. The fourth-order valence-corrected chi connectivity index (χ4v) is 2.39. The number of hydrogen-bond acceptors (Lipinski definition) is 4. The van der Waals surface area contributed by atoms with E-state index in [1.807, 2.05) is 30.3 Å². The van der Waals surface area contributed by atoms with Gasteiger partial charge in [-0.25, -0.2) is 9.78 Å². The van der Waals surface area contributed by atoms with Crippen molar-refractivity contribution in [1.82, 2.24) is 4.98 Å². The molecule has 0 atom stereocenters. The largest absolute Gasteiger partial charge is 0.478 e. The number of nitrogen functional groups attached to an aromatic ring is 1. The monoisotopic (exact) mass is 260 g/mol. The molecule has 2 rings (SSSR count). The van der Waals surface area contributed by atoms with Gasteiger partial charge in [-0.3, -0.25) is 0 Å². The van der Waals surface area contributed by atoms with Crippen molar-refractivity contribution >= 4 is 23.4 Å². The number of thioether (sulfide) groups is 1. The van der Waals surface area contributed by atoms with Crippen molar-refractivity contribution < 1.29 is 9.90 Å². The summed E-state index contributed by atoms with van der Waals surface area (Å²) in [6, 6.07) is 11.3. The smallest absolute Gasteiger partial charge is 0.338 e. The van der Waals surface area contributed by atoms with Gasteiger partial charge in [0.05, 0.1) is 17.4 Å². The van der Waals surface area contributed by atoms with E-state index in [9.17, 15) is 4.79 Å². The van der Waals surface area contributed by atoms with Crippen LogP contribution in [-0.4, -0.2) is 16.1 Å². The number of carboxylic acid groups (broad SMARTS) is 1. The van der Waals surface area contributed by atoms with E-state index in [0.29, 0.717) is 16.5 Å². The summed E-state index contributed by atoms with van der Waals surface area (Å²) in [5.41, 5.74) is 7.17. The number of hydrogen-bond donors (Lipinski definition) is 2. The highest BCUT2D eigenvalue weighted by molar-refractivity contribution is 7.98. The molecule has 0 saturated carbocycles. The summed E-state index contributed by atoms with van der Waals surface area (Å²) in [7, 11) is 0. The van der Waals surface area contributed by atoms with Crippen molar-refractivity contribution in [2.24, 2.45) is 0 Å². The minimum Gasteiger partial charge on any atom is -0.478 e. The molecule has 0 saturated heterocycles. The van der Waals surface area contributed by atoms with E-state index in [4.69, 9.17) is 10.8 Å². The van der Waals surface area contributed by atoms with E-state index in [-0.39, 0.29) is 5.56 Å². The molecule has 0 amide bonds. The maximum atomic E-state index is 11.1. The highest BCUT2D eigenvalue weighted by Crippen LogP contribution is 2.25. The first-order valence-electron chi connectivity index (χ1n) is 5.32. The molecule has 0 aliphatic carbocycles. The molecule has 92 valence electrons. The summed E-state index contributed by atoms with van der Waals surface area (Å²) in [5.74, 6) is -0.330. The molecular formula is C13H12N2O2S. The lowest BCUT2D eigenvalue weighted by molar-refractivity contribution is 0.0692. The fraction of sp³-hybridized carbons (Fsp3) is 0.0769. The Balaban J connectivity index is 2.17. The molecule has 0 aliphatic rings. The molecule has 0 radical (unpaired) electrons. The molecule has 0 bridgehead atoms. The molecule has 0 fully saturated rings. The molecule has 0 spiro atoms. The standard InChI is InChI=1S/C13H12N2O2S/c14-10-6-11(13(16)17)12(15-7-10)18-8-9-4-2-1-3-5-9/h1-7H,8,14H2,(H,16,17). The van der Waals surface area contributed by atoms with E-state index >= 15 is 0 Å². The van der Waals surface area contributed by atoms with Gasteiger partial charge in [-0.1, -0.05) is 30.3 Å². The maximum Gasteiger partial charge on any atom is 0.338 e. The molecule has 3 N–H and O–H groups in total. The third kappa shape index (κ3) is 3.01. The summed E-state index contributed by atoms with van der Waals surface area (Å²) in [5, 5.41) is 9.57. The van der Waals surface area contributed by atoms with Crippen LogP contribution >= 0.6 is 11.8 Å². The number of benzene rings is 1. The van der Waals surface area contributed by atoms with E-state index in [1.165, 1.54) is 24.0 Å². The number of aromatic nitrogens is 1. The normalized spacial score (nSPS) is 10.2. The van der Waals surface area contributed by atoms with Crippen LogP contribution in [0.3, 0.4) is 0 Å². The number of nitrogens with two attached hydrogens (primary N) is 1. The molecule has 18 heavy (non-hydrogen) atoms. The Hall–Kier alpha value is -2.01. The molecule has 1 aromatic carbocycles. The van der Waals surface area contributed by atoms with Gasteiger partial charge >= 0.3 is 5.97 Å². The minimum atomic E-state index is -1.01. The third-order valence-corrected chi connectivity index (χ3v) is 3.40. The van der Waals surface area contributed by atoms with Gasteiger partial charge in [-0.2, -0.15) is 0 Å². The van der Waals surface area contributed by atoms with Crippen molar-refractivity contribution in [2.45, 2.75) is 10.8 Å². The first-order valence-corrected chi connectivity index (χ1v) is 6.31. The Morgan fingerprint density at radius 2 is 2.06 bits per heavy atom. The first-order chi connectivity index (χ1) is 8.66. The third-order valence-electron chi connectivity index (χ3n) is 2.32. The predicted molar refractivity (Wildman–Crippen MR) is 71.6 cm³/mol. The summed E-state index contributed by atoms with van der Waals surface area (Å²) in [6.45, 7) is 0. The highest BCUT2D eigenvalue weighted by atomic mass is 32.2. The number of anilines is 1. The van der Waals surface area contributed by atoms with Crippen molar-refractivity contribution in [3.8, 4) is 0 Å². The van der Waals surface area contributed by atoms with Crippen molar-refractivity contribution in [3.63, 3.8) is 0 Å². The molecular weight excluding hydrogens is 248 g/mol. The zero-order valence-electron chi connectivity index (χ0n) is 9.54. The van der Waals surface area contributed by atoms with Crippen molar-refractivity contribution in [2.75, 3.05) is 5.73 Å². The lowest BCUT2D eigenvalue weighted by Crippen LogP contribution is -2.02. The summed E-state index contributed by atoms with van der Waals surface area (Å²) in [6.07, 6.45) is 1.47. The molecule has 4 nitrogen and oxygen atoms in total. The van der Waals surface area contributed by atoms with E-state index in [2.05, 4.69) is 4.98 Å². The van der Waals surface area contributed by atoms with Crippen LogP contribution < -0.4 is 5.73 Å². The first kappa shape index (κ1) is 12.4. The maximum absolute atomic E-state index is 11.1. The van der Waals surface area contributed by atoms with Gasteiger partial charge in [0, 0.05) is 5.75 Å². The second-order valence-corrected chi connectivity index (χ2v) is 4.66. The quantitative estimate of drug-likeness (QED) is 0.826. The number of carbonyl (C=O) groups is 1. The Morgan fingerprint density at radius 1 is 1.33 bits per heavy atom. The Labute approximate surface area is 109 Å². The average molecular weight is 260 g/mol. The predicted octanol–water partition coefficient (Wildman–Crippen LogP) is 2.65. The second kappa shape index (κ2) is 5.55. The average Bonchev–Trinajstić information content (AvgIpc) is 2.38. The van der Waals surface area contributed by atoms with Gasteiger partial charge in [0.2, 0.25) is 0 Å². The number of nitrogens with zero attached hydrogens (tertiary/aromatic N) is 1. The number of carboxylic acids is 1. The Kier molecular flexibility index (Phi) is 3.84. The molecule has 1 heterocycles. The van der Waals surface area contributed by atoms with E-state index in [0.717, 1.165) is 5.56 Å². The van der Waals surface area contributed by atoms with Gasteiger partial charge in [0.25, 0.3) is 0 Å². The highest BCUT2D eigenvalue weighted by Gasteiger charge is 2.12. The van der Waals surface area contributed by atoms with Gasteiger partial charge in [-0.05, 0) is 11.6 Å². The zero-order chi connectivity index (χ0) is 13.0. The molecule has 1 aromatic heterocycles. The zero-order valence-corrected chi connectivity index (χ0v) is 10.4. The second-order valence-electron chi connectivity index (χ2n) is 3.70. The molecule has 0 aliphatic heterocycles. The van der Waals surface area contributed by atoms with E-state index in [1.54, 1.807) is 0 Å². The molecule has 5 heteroatoms. The van der Waals surface area contributed by atoms with Crippen LogP contribution in [0.25, 0.3) is 0 Å². The SMILES string of the molecule is Nc1cnc(SCc2ccccc2)c(C(=O)O)c1. The van der Waals surface area contributed by atoms with Crippen LogP contribution in [0.5, 0.6) is 0 Å². The number of aromatic carboxylic acids is 1. The Morgan fingerprint density at radius 3 is 2.72 bits per heavy atom.